The third-order valence-electron chi connectivity index (χ3n) is 3.94. The van der Waals surface area contributed by atoms with E-state index in [4.69, 9.17) is 0 Å². The molecule has 2 rings (SSSR count). The van der Waals surface area contributed by atoms with Crippen molar-refractivity contribution >= 4 is 0 Å². The maximum Gasteiger partial charge on any atom is 0.0233 e. The van der Waals surface area contributed by atoms with Crippen LogP contribution in [0.2, 0.25) is 0 Å². The molecule has 0 N–H and O–H groups in total. The number of benzene rings is 1. The Morgan fingerprint density at radius 1 is 1.06 bits per heavy atom. The minimum absolute atomic E-state index is 0.951. The van der Waals surface area contributed by atoms with Crippen molar-refractivity contribution in [1.82, 2.24) is 4.90 Å². The summed E-state index contributed by atoms with van der Waals surface area (Å²) >= 11 is 0. The maximum atomic E-state index is 2.60. The van der Waals surface area contributed by atoms with Gasteiger partial charge < -0.3 is 0 Å². The molecule has 0 bridgehead atoms. The first kappa shape index (κ1) is 12.6. The van der Waals surface area contributed by atoms with Gasteiger partial charge in [0.2, 0.25) is 0 Å². The molecule has 0 atom stereocenters. The lowest BCUT2D eigenvalue weighted by Crippen LogP contribution is -2.30. The van der Waals surface area contributed by atoms with Crippen LogP contribution in [0.5, 0.6) is 0 Å². The number of hydrogen-bond acceptors (Lipinski definition) is 1. The summed E-state index contributed by atoms with van der Waals surface area (Å²) in [5, 5.41) is 0. The average molecular weight is 231 g/mol. The summed E-state index contributed by atoms with van der Waals surface area (Å²) in [6.07, 6.45) is 7.26. The molecule has 0 unspecified atom stereocenters. The standard InChI is InChI=1S/C16H25N/c1-2-17(13-15-9-5-3-6-10-15)14-16-11-7-4-8-12-16/h3,5-6,9-10,16H,2,4,7-8,11-14H2,1H3. The molecule has 0 aliphatic heterocycles. The Balaban J connectivity index is 1.83. The smallest absolute Gasteiger partial charge is 0.0233 e. The van der Waals surface area contributed by atoms with Gasteiger partial charge in [-0.15, -0.1) is 0 Å². The molecule has 1 heteroatoms. The van der Waals surface area contributed by atoms with Crippen molar-refractivity contribution in [2.75, 3.05) is 13.1 Å². The number of rotatable bonds is 5. The van der Waals surface area contributed by atoms with Gasteiger partial charge in [-0.25, -0.2) is 0 Å². The number of hydrogen-bond donors (Lipinski definition) is 0. The zero-order valence-corrected chi connectivity index (χ0v) is 11.1. The van der Waals surface area contributed by atoms with Crippen molar-refractivity contribution in [2.45, 2.75) is 45.6 Å². The molecule has 0 spiro atoms. The van der Waals surface area contributed by atoms with E-state index in [1.54, 1.807) is 0 Å². The fourth-order valence-electron chi connectivity index (χ4n) is 2.88. The molecule has 1 nitrogen and oxygen atoms in total. The van der Waals surface area contributed by atoms with Crippen LogP contribution in [-0.2, 0) is 6.54 Å². The van der Waals surface area contributed by atoms with Gasteiger partial charge in [-0.1, -0.05) is 56.5 Å². The topological polar surface area (TPSA) is 3.24 Å². The van der Waals surface area contributed by atoms with Gasteiger partial charge in [0.15, 0.2) is 0 Å². The summed E-state index contributed by atoms with van der Waals surface area (Å²) in [5.41, 5.74) is 1.45. The van der Waals surface area contributed by atoms with Crippen LogP contribution in [-0.4, -0.2) is 18.0 Å². The Bertz CT molecular complexity index is 301. The van der Waals surface area contributed by atoms with Gasteiger partial charge in [0.1, 0.15) is 0 Å². The lowest BCUT2D eigenvalue weighted by Gasteiger charge is -2.29. The molecule has 0 radical (unpaired) electrons. The van der Waals surface area contributed by atoms with Crippen molar-refractivity contribution in [3.05, 3.63) is 35.9 Å². The predicted molar refractivity (Wildman–Crippen MR) is 74.0 cm³/mol. The molecule has 1 aromatic rings. The van der Waals surface area contributed by atoms with Crippen LogP contribution in [0.3, 0.4) is 0 Å². The van der Waals surface area contributed by atoms with Gasteiger partial charge in [0, 0.05) is 13.1 Å². The Morgan fingerprint density at radius 3 is 2.41 bits per heavy atom. The highest BCUT2D eigenvalue weighted by Gasteiger charge is 2.16. The highest BCUT2D eigenvalue weighted by molar-refractivity contribution is 5.14. The summed E-state index contributed by atoms with van der Waals surface area (Å²) in [4.78, 5) is 2.60. The van der Waals surface area contributed by atoms with Gasteiger partial charge in [-0.05, 0) is 30.9 Å². The molecule has 1 aromatic carbocycles. The second-order valence-electron chi connectivity index (χ2n) is 5.32. The van der Waals surface area contributed by atoms with Crippen molar-refractivity contribution in [1.29, 1.82) is 0 Å². The van der Waals surface area contributed by atoms with Crippen molar-refractivity contribution in [3.8, 4) is 0 Å². The molecule has 1 fully saturated rings. The second kappa shape index (κ2) is 6.80. The van der Waals surface area contributed by atoms with Crippen LogP contribution in [0.4, 0.5) is 0 Å². The summed E-state index contributed by atoms with van der Waals surface area (Å²) in [6.45, 7) is 5.87. The largest absolute Gasteiger partial charge is 0.299 e. The molecule has 1 aliphatic rings. The van der Waals surface area contributed by atoms with Crippen LogP contribution in [0.25, 0.3) is 0 Å². The van der Waals surface area contributed by atoms with Crippen LogP contribution in [0.15, 0.2) is 30.3 Å². The fourth-order valence-corrected chi connectivity index (χ4v) is 2.88. The molecule has 1 saturated carbocycles. The van der Waals surface area contributed by atoms with Gasteiger partial charge in [-0.3, -0.25) is 4.90 Å². The average Bonchev–Trinajstić information content (AvgIpc) is 2.40. The minimum Gasteiger partial charge on any atom is -0.299 e. The first-order valence-corrected chi connectivity index (χ1v) is 7.14. The third-order valence-corrected chi connectivity index (χ3v) is 3.94. The molecule has 94 valence electrons. The Morgan fingerprint density at radius 2 is 1.76 bits per heavy atom. The second-order valence-corrected chi connectivity index (χ2v) is 5.32. The molecule has 0 heterocycles. The van der Waals surface area contributed by atoms with E-state index >= 15 is 0 Å². The van der Waals surface area contributed by atoms with Crippen molar-refractivity contribution in [3.63, 3.8) is 0 Å². The van der Waals surface area contributed by atoms with Gasteiger partial charge in [0.05, 0.1) is 0 Å². The van der Waals surface area contributed by atoms with Gasteiger partial charge in [0.25, 0.3) is 0 Å². The summed E-state index contributed by atoms with van der Waals surface area (Å²) in [6, 6.07) is 10.9. The molecule has 1 aliphatic carbocycles. The molecular weight excluding hydrogens is 206 g/mol. The third kappa shape index (κ3) is 4.16. The van der Waals surface area contributed by atoms with E-state index in [1.807, 2.05) is 0 Å². The van der Waals surface area contributed by atoms with E-state index in [-0.39, 0.29) is 0 Å². The lowest BCUT2D eigenvalue weighted by atomic mass is 9.89. The molecule has 0 amide bonds. The summed E-state index contributed by atoms with van der Waals surface area (Å²) < 4.78 is 0. The van der Waals surface area contributed by atoms with Crippen LogP contribution in [0, 0.1) is 5.92 Å². The van der Waals surface area contributed by atoms with Crippen molar-refractivity contribution < 1.29 is 0 Å². The first-order chi connectivity index (χ1) is 8.38. The van der Waals surface area contributed by atoms with E-state index in [0.717, 1.165) is 12.5 Å². The van der Waals surface area contributed by atoms with Gasteiger partial charge in [-0.2, -0.15) is 0 Å². The highest BCUT2D eigenvalue weighted by atomic mass is 15.1. The van der Waals surface area contributed by atoms with E-state index in [2.05, 4.69) is 42.2 Å². The van der Waals surface area contributed by atoms with E-state index in [9.17, 15) is 0 Å². The Labute approximate surface area is 106 Å². The highest BCUT2D eigenvalue weighted by Crippen LogP contribution is 2.24. The molecule has 0 aromatic heterocycles. The zero-order chi connectivity index (χ0) is 11.9. The fraction of sp³-hybridized carbons (Fsp3) is 0.625. The monoisotopic (exact) mass is 231 g/mol. The molecular formula is C16H25N. The minimum atomic E-state index is 0.951. The van der Waals surface area contributed by atoms with E-state index in [0.29, 0.717) is 0 Å². The molecule has 0 saturated heterocycles. The van der Waals surface area contributed by atoms with Crippen molar-refractivity contribution in [2.24, 2.45) is 5.92 Å². The maximum absolute atomic E-state index is 2.60. The Hall–Kier alpha value is -0.820. The lowest BCUT2D eigenvalue weighted by molar-refractivity contribution is 0.202. The van der Waals surface area contributed by atoms with Crippen LogP contribution < -0.4 is 0 Å². The predicted octanol–water partition coefficient (Wildman–Crippen LogP) is 4.09. The summed E-state index contributed by atoms with van der Waals surface area (Å²) in [7, 11) is 0. The van der Waals surface area contributed by atoms with E-state index < -0.39 is 0 Å². The van der Waals surface area contributed by atoms with E-state index in [1.165, 1.54) is 50.8 Å². The van der Waals surface area contributed by atoms with Crippen LogP contribution in [0.1, 0.15) is 44.6 Å². The zero-order valence-electron chi connectivity index (χ0n) is 11.1. The summed E-state index contributed by atoms with van der Waals surface area (Å²) in [5.74, 6) is 0.951. The van der Waals surface area contributed by atoms with Crippen LogP contribution >= 0.6 is 0 Å². The normalized spacial score (nSPS) is 17.5. The first-order valence-electron chi connectivity index (χ1n) is 7.14. The number of nitrogens with zero attached hydrogens (tertiary/aromatic N) is 1. The SMILES string of the molecule is CCN(Cc1ccccc1)CC1CCCCC1. The van der Waals surface area contributed by atoms with Gasteiger partial charge >= 0.3 is 0 Å². The molecule has 17 heavy (non-hydrogen) atoms. The Kier molecular flexibility index (Phi) is 5.06. The quantitative estimate of drug-likeness (QED) is 0.738.